The first-order valence-electron chi connectivity index (χ1n) is 7.82. The molecule has 0 radical (unpaired) electrons. The fourth-order valence-corrected chi connectivity index (χ4v) is 4.93. The van der Waals surface area contributed by atoms with Crippen molar-refractivity contribution < 1.29 is 9.59 Å². The number of nitrogens with one attached hydrogen (secondary N) is 2. The fraction of sp³-hybridized carbons (Fsp3) is 0.235. The highest BCUT2D eigenvalue weighted by atomic mass is 32.1. The Morgan fingerprint density at radius 1 is 1.28 bits per heavy atom. The average Bonchev–Trinajstić information content (AvgIpc) is 3.19. The molecule has 0 unspecified atom stereocenters. The van der Waals surface area contributed by atoms with E-state index in [9.17, 15) is 9.59 Å². The van der Waals surface area contributed by atoms with Gasteiger partial charge in [0.25, 0.3) is 5.91 Å². The summed E-state index contributed by atoms with van der Waals surface area (Å²) >= 11 is 8.23. The molecule has 1 aliphatic carbocycles. The Hall–Kier alpha value is -2.03. The van der Waals surface area contributed by atoms with Crippen LogP contribution in [0.5, 0.6) is 0 Å². The number of carbonyl (C=O) groups excluding carboxylic acids is 2. The minimum atomic E-state index is -0.464. The number of nitrogens with two attached hydrogens (primary N) is 1. The van der Waals surface area contributed by atoms with E-state index in [4.69, 9.17) is 18.0 Å². The van der Waals surface area contributed by atoms with E-state index in [-0.39, 0.29) is 11.0 Å². The predicted octanol–water partition coefficient (Wildman–Crippen LogP) is 3.31. The lowest BCUT2D eigenvalue weighted by atomic mass is 9.95. The van der Waals surface area contributed by atoms with Crippen molar-refractivity contribution in [2.45, 2.75) is 25.7 Å². The van der Waals surface area contributed by atoms with E-state index in [2.05, 4.69) is 10.6 Å². The number of hydrogen-bond acceptors (Lipinski definition) is 5. The van der Waals surface area contributed by atoms with Gasteiger partial charge in [0.1, 0.15) is 5.00 Å². The van der Waals surface area contributed by atoms with E-state index in [1.54, 1.807) is 17.4 Å². The predicted molar refractivity (Wildman–Crippen MR) is 107 cm³/mol. The summed E-state index contributed by atoms with van der Waals surface area (Å²) in [6.07, 6.45) is 7.12. The van der Waals surface area contributed by atoms with Gasteiger partial charge in [-0.15, -0.1) is 22.7 Å². The summed E-state index contributed by atoms with van der Waals surface area (Å²) < 4.78 is 0. The van der Waals surface area contributed by atoms with Gasteiger partial charge < -0.3 is 11.1 Å². The van der Waals surface area contributed by atoms with E-state index >= 15 is 0 Å². The van der Waals surface area contributed by atoms with Gasteiger partial charge >= 0.3 is 0 Å². The van der Waals surface area contributed by atoms with Crippen LogP contribution in [-0.2, 0) is 17.6 Å². The van der Waals surface area contributed by atoms with Crippen molar-refractivity contribution in [1.29, 1.82) is 0 Å². The zero-order valence-corrected chi connectivity index (χ0v) is 15.8. The standard InChI is InChI=1S/C17H17N3O2S3/c18-15(22)14-11-5-1-2-6-12(11)25-16(14)20-17(23)19-13(21)8-7-10-4-3-9-24-10/h3-4,7-9H,1-2,5-6H2,(H2,18,22)(H2,19,20,21,23). The zero-order valence-electron chi connectivity index (χ0n) is 13.3. The molecule has 8 heteroatoms. The molecule has 0 saturated carbocycles. The fourth-order valence-electron chi connectivity index (χ4n) is 2.75. The van der Waals surface area contributed by atoms with E-state index in [0.29, 0.717) is 10.6 Å². The second kappa shape index (κ2) is 7.90. The maximum Gasteiger partial charge on any atom is 0.251 e. The van der Waals surface area contributed by atoms with Crippen molar-refractivity contribution in [3.8, 4) is 0 Å². The Morgan fingerprint density at radius 3 is 2.80 bits per heavy atom. The van der Waals surface area contributed by atoms with E-state index < -0.39 is 5.91 Å². The van der Waals surface area contributed by atoms with Gasteiger partial charge in [0.15, 0.2) is 5.11 Å². The van der Waals surface area contributed by atoms with Crippen LogP contribution in [0.4, 0.5) is 5.00 Å². The molecule has 0 spiro atoms. The molecule has 0 bridgehead atoms. The second-order valence-corrected chi connectivity index (χ2v) is 8.06. The van der Waals surface area contributed by atoms with Crippen molar-refractivity contribution in [3.63, 3.8) is 0 Å². The lowest BCUT2D eigenvalue weighted by molar-refractivity contribution is -0.115. The van der Waals surface area contributed by atoms with Crippen molar-refractivity contribution in [1.82, 2.24) is 5.32 Å². The highest BCUT2D eigenvalue weighted by molar-refractivity contribution is 7.80. The first-order valence-corrected chi connectivity index (χ1v) is 9.93. The molecule has 0 aliphatic heterocycles. The first-order chi connectivity index (χ1) is 12.0. The van der Waals surface area contributed by atoms with Crippen LogP contribution < -0.4 is 16.4 Å². The lowest BCUT2D eigenvalue weighted by Crippen LogP contribution is -2.33. The molecule has 0 saturated heterocycles. The maximum absolute atomic E-state index is 11.9. The summed E-state index contributed by atoms with van der Waals surface area (Å²) in [4.78, 5) is 25.9. The molecule has 3 rings (SSSR count). The summed E-state index contributed by atoms with van der Waals surface area (Å²) in [5.41, 5.74) is 7.08. The monoisotopic (exact) mass is 391 g/mol. The smallest absolute Gasteiger partial charge is 0.251 e. The third-order valence-electron chi connectivity index (χ3n) is 3.82. The molecule has 2 aromatic heterocycles. The third kappa shape index (κ3) is 4.33. The summed E-state index contributed by atoms with van der Waals surface area (Å²) in [7, 11) is 0. The van der Waals surface area contributed by atoms with Crippen molar-refractivity contribution >= 4 is 62.9 Å². The van der Waals surface area contributed by atoms with Crippen LogP contribution in [0.1, 0.15) is 38.5 Å². The van der Waals surface area contributed by atoms with Crippen LogP contribution in [0.15, 0.2) is 23.6 Å². The number of rotatable bonds is 4. The number of anilines is 1. The summed E-state index contributed by atoms with van der Waals surface area (Å²) in [6.45, 7) is 0. The van der Waals surface area contributed by atoms with Gasteiger partial charge in [0.05, 0.1) is 5.56 Å². The van der Waals surface area contributed by atoms with Gasteiger partial charge in [0.2, 0.25) is 5.91 Å². The Labute approximate surface area is 158 Å². The van der Waals surface area contributed by atoms with E-state index in [1.165, 1.54) is 22.3 Å². The summed E-state index contributed by atoms with van der Waals surface area (Å²) in [5, 5.41) is 8.26. The van der Waals surface area contributed by atoms with Crippen LogP contribution in [0.2, 0.25) is 0 Å². The summed E-state index contributed by atoms with van der Waals surface area (Å²) in [6, 6.07) is 3.83. The van der Waals surface area contributed by atoms with Crippen LogP contribution in [0.25, 0.3) is 6.08 Å². The lowest BCUT2D eigenvalue weighted by Gasteiger charge is -2.11. The van der Waals surface area contributed by atoms with Crippen LogP contribution >= 0.6 is 34.9 Å². The molecule has 2 aromatic rings. The van der Waals surface area contributed by atoms with Crippen LogP contribution in [-0.4, -0.2) is 16.9 Å². The minimum Gasteiger partial charge on any atom is -0.365 e. The highest BCUT2D eigenvalue weighted by Gasteiger charge is 2.24. The maximum atomic E-state index is 11.9. The van der Waals surface area contributed by atoms with Gasteiger partial charge in [-0.1, -0.05) is 6.07 Å². The van der Waals surface area contributed by atoms with Gasteiger partial charge in [-0.05, 0) is 61.0 Å². The number of thiophene rings is 2. The Bertz CT molecular complexity index is 838. The summed E-state index contributed by atoms with van der Waals surface area (Å²) in [5.74, 6) is -0.790. The Balaban J connectivity index is 1.67. The average molecular weight is 392 g/mol. The molecule has 2 amide bonds. The van der Waals surface area contributed by atoms with Crippen molar-refractivity contribution in [2.75, 3.05) is 5.32 Å². The molecule has 0 aromatic carbocycles. The molecule has 1 aliphatic rings. The molecule has 0 fully saturated rings. The molecule has 4 N–H and O–H groups in total. The molecule has 5 nitrogen and oxygen atoms in total. The SMILES string of the molecule is NC(=O)c1c(NC(=S)NC(=O)C=Cc2cccs2)sc2c1CCCC2. The van der Waals surface area contributed by atoms with Gasteiger partial charge in [-0.3, -0.25) is 14.9 Å². The molecule has 25 heavy (non-hydrogen) atoms. The van der Waals surface area contributed by atoms with E-state index in [0.717, 1.165) is 36.1 Å². The number of carbonyl (C=O) groups is 2. The number of fused-ring (bicyclic) bond motifs is 1. The van der Waals surface area contributed by atoms with Crippen LogP contribution in [0, 0.1) is 0 Å². The first kappa shape index (κ1) is 17.8. The number of primary amides is 1. The van der Waals surface area contributed by atoms with Gasteiger partial charge in [-0.25, -0.2) is 0 Å². The molecular formula is C17H17N3O2S3. The van der Waals surface area contributed by atoms with Gasteiger partial charge in [0, 0.05) is 15.8 Å². The normalized spacial score (nSPS) is 13.4. The topological polar surface area (TPSA) is 84.2 Å². The zero-order chi connectivity index (χ0) is 17.8. The largest absolute Gasteiger partial charge is 0.365 e. The molecule has 2 heterocycles. The van der Waals surface area contributed by atoms with Gasteiger partial charge in [-0.2, -0.15) is 0 Å². The van der Waals surface area contributed by atoms with Crippen LogP contribution in [0.3, 0.4) is 0 Å². The highest BCUT2D eigenvalue weighted by Crippen LogP contribution is 2.37. The number of amides is 2. The molecule has 130 valence electrons. The molecular weight excluding hydrogens is 374 g/mol. The number of hydrogen-bond donors (Lipinski definition) is 3. The van der Waals surface area contributed by atoms with Crippen molar-refractivity contribution in [3.05, 3.63) is 44.5 Å². The number of aryl methyl sites for hydroxylation is 1. The van der Waals surface area contributed by atoms with E-state index in [1.807, 2.05) is 17.5 Å². The third-order valence-corrected chi connectivity index (χ3v) is 6.07. The van der Waals surface area contributed by atoms with Crippen molar-refractivity contribution in [2.24, 2.45) is 5.73 Å². The Morgan fingerprint density at radius 2 is 2.08 bits per heavy atom. The quantitative estimate of drug-likeness (QED) is 0.551. The Kier molecular flexibility index (Phi) is 5.62. The minimum absolute atomic E-state index is 0.155. The second-order valence-electron chi connectivity index (χ2n) is 5.57. The molecule has 0 atom stereocenters. The number of thiocarbonyl (C=S) groups is 1.